The lowest BCUT2D eigenvalue weighted by atomic mass is 9.93. The molecule has 0 aromatic carbocycles. The summed E-state index contributed by atoms with van der Waals surface area (Å²) in [4.78, 5) is 10.4. The molecule has 4 heteroatoms. The van der Waals surface area contributed by atoms with E-state index in [1.54, 1.807) is 18.6 Å². The lowest BCUT2D eigenvalue weighted by molar-refractivity contribution is 0.254. The van der Waals surface area contributed by atoms with Gasteiger partial charge in [0.2, 0.25) is 0 Å². The molecular formula is C11H20N4. The molecule has 0 aliphatic carbocycles. The average molecular weight is 208 g/mol. The number of nitrogens with one attached hydrogen (secondary N) is 1. The Balaban J connectivity index is 2.42. The number of nitrogens with zero attached hydrogens (tertiary/aromatic N) is 3. The Kier molecular flexibility index (Phi) is 4.03. The van der Waals surface area contributed by atoms with Crippen LogP contribution in [0.4, 0.5) is 5.82 Å². The molecule has 1 aromatic rings. The van der Waals surface area contributed by atoms with E-state index in [2.05, 4.69) is 48.1 Å². The summed E-state index contributed by atoms with van der Waals surface area (Å²) in [6.07, 6.45) is 5.11. The summed E-state index contributed by atoms with van der Waals surface area (Å²) in [7, 11) is 4.17. The highest BCUT2D eigenvalue weighted by molar-refractivity contribution is 5.30. The highest BCUT2D eigenvalue weighted by atomic mass is 15.1. The maximum Gasteiger partial charge on any atom is 0.144 e. The van der Waals surface area contributed by atoms with E-state index in [-0.39, 0.29) is 5.41 Å². The fourth-order valence-corrected chi connectivity index (χ4v) is 1.63. The second-order valence-electron chi connectivity index (χ2n) is 4.85. The predicted octanol–water partition coefficient (Wildman–Crippen LogP) is 1.48. The first-order chi connectivity index (χ1) is 6.99. The maximum atomic E-state index is 4.17. The van der Waals surface area contributed by atoms with Gasteiger partial charge in [0.05, 0.1) is 6.20 Å². The van der Waals surface area contributed by atoms with E-state index in [0.29, 0.717) is 0 Å². The summed E-state index contributed by atoms with van der Waals surface area (Å²) in [6.45, 7) is 6.40. The van der Waals surface area contributed by atoms with Gasteiger partial charge in [-0.05, 0) is 19.5 Å². The second-order valence-corrected chi connectivity index (χ2v) is 4.85. The monoisotopic (exact) mass is 208 g/mol. The van der Waals surface area contributed by atoms with Crippen molar-refractivity contribution in [2.75, 3.05) is 32.5 Å². The van der Waals surface area contributed by atoms with Crippen LogP contribution in [0.15, 0.2) is 18.6 Å². The minimum Gasteiger partial charge on any atom is -0.368 e. The predicted molar refractivity (Wildman–Crippen MR) is 62.9 cm³/mol. The Hall–Kier alpha value is -1.16. The van der Waals surface area contributed by atoms with Crippen molar-refractivity contribution in [3.05, 3.63) is 18.6 Å². The molecule has 0 aliphatic rings. The topological polar surface area (TPSA) is 41.0 Å². The number of rotatable bonds is 5. The summed E-state index contributed by atoms with van der Waals surface area (Å²) in [5, 5.41) is 3.29. The standard InChI is InChI=1S/C11H20N4/c1-11(2,9-15(3)4)8-14-10-7-12-5-6-13-10/h5-7H,8-9H2,1-4H3,(H,13,14). The molecule has 1 heterocycles. The van der Waals surface area contributed by atoms with Crippen LogP contribution in [0.2, 0.25) is 0 Å². The minimum absolute atomic E-state index is 0.223. The summed E-state index contributed by atoms with van der Waals surface area (Å²) in [5.41, 5.74) is 0.223. The largest absolute Gasteiger partial charge is 0.368 e. The Morgan fingerprint density at radius 3 is 2.60 bits per heavy atom. The van der Waals surface area contributed by atoms with Crippen LogP contribution in [0.1, 0.15) is 13.8 Å². The molecule has 15 heavy (non-hydrogen) atoms. The maximum absolute atomic E-state index is 4.17. The fourth-order valence-electron chi connectivity index (χ4n) is 1.63. The quantitative estimate of drug-likeness (QED) is 0.795. The van der Waals surface area contributed by atoms with Crippen molar-refractivity contribution in [3.8, 4) is 0 Å². The van der Waals surface area contributed by atoms with Gasteiger partial charge in [0.15, 0.2) is 0 Å². The SMILES string of the molecule is CN(C)CC(C)(C)CNc1cnccn1. The van der Waals surface area contributed by atoms with Crippen LogP contribution in [0.3, 0.4) is 0 Å². The lowest BCUT2D eigenvalue weighted by Gasteiger charge is -2.28. The van der Waals surface area contributed by atoms with Gasteiger partial charge in [-0.25, -0.2) is 4.98 Å². The summed E-state index contributed by atoms with van der Waals surface area (Å²) in [6, 6.07) is 0. The molecule has 1 aromatic heterocycles. The molecular weight excluding hydrogens is 188 g/mol. The molecule has 84 valence electrons. The number of aromatic nitrogens is 2. The number of hydrogen-bond donors (Lipinski definition) is 1. The van der Waals surface area contributed by atoms with E-state index in [4.69, 9.17) is 0 Å². The van der Waals surface area contributed by atoms with Gasteiger partial charge in [-0.1, -0.05) is 13.8 Å². The van der Waals surface area contributed by atoms with Gasteiger partial charge in [0.25, 0.3) is 0 Å². The van der Waals surface area contributed by atoms with Crippen LogP contribution in [0.5, 0.6) is 0 Å². The van der Waals surface area contributed by atoms with E-state index in [1.165, 1.54) is 0 Å². The molecule has 0 amide bonds. The van der Waals surface area contributed by atoms with Crippen molar-refractivity contribution in [1.82, 2.24) is 14.9 Å². The number of anilines is 1. The van der Waals surface area contributed by atoms with Crippen molar-refractivity contribution in [1.29, 1.82) is 0 Å². The molecule has 1 rings (SSSR count). The zero-order valence-electron chi connectivity index (χ0n) is 9.99. The Morgan fingerprint density at radius 2 is 2.07 bits per heavy atom. The van der Waals surface area contributed by atoms with Gasteiger partial charge in [-0.2, -0.15) is 0 Å². The molecule has 0 unspecified atom stereocenters. The van der Waals surface area contributed by atoms with E-state index in [1.807, 2.05) is 0 Å². The van der Waals surface area contributed by atoms with E-state index < -0.39 is 0 Å². The van der Waals surface area contributed by atoms with Crippen molar-refractivity contribution < 1.29 is 0 Å². The zero-order chi connectivity index (χ0) is 11.3. The minimum atomic E-state index is 0.223. The third-order valence-electron chi connectivity index (χ3n) is 2.06. The van der Waals surface area contributed by atoms with Crippen LogP contribution in [0.25, 0.3) is 0 Å². The van der Waals surface area contributed by atoms with Gasteiger partial charge < -0.3 is 10.2 Å². The molecule has 0 atom stereocenters. The molecule has 0 radical (unpaired) electrons. The first-order valence-corrected chi connectivity index (χ1v) is 5.14. The van der Waals surface area contributed by atoms with Crippen molar-refractivity contribution in [3.63, 3.8) is 0 Å². The van der Waals surface area contributed by atoms with Crippen LogP contribution < -0.4 is 5.32 Å². The molecule has 0 aliphatic heterocycles. The van der Waals surface area contributed by atoms with Gasteiger partial charge in [0, 0.05) is 25.5 Å². The summed E-state index contributed by atoms with van der Waals surface area (Å²) < 4.78 is 0. The van der Waals surface area contributed by atoms with Gasteiger partial charge in [-0.3, -0.25) is 4.98 Å². The van der Waals surface area contributed by atoms with Gasteiger partial charge >= 0.3 is 0 Å². The van der Waals surface area contributed by atoms with Crippen LogP contribution in [-0.2, 0) is 0 Å². The van der Waals surface area contributed by atoms with Crippen molar-refractivity contribution in [2.45, 2.75) is 13.8 Å². The fraction of sp³-hybridized carbons (Fsp3) is 0.636. The zero-order valence-corrected chi connectivity index (χ0v) is 9.99. The Bertz CT molecular complexity index is 282. The first kappa shape index (κ1) is 11.9. The highest BCUT2D eigenvalue weighted by Crippen LogP contribution is 2.16. The second kappa shape index (κ2) is 5.07. The molecule has 0 spiro atoms. The van der Waals surface area contributed by atoms with Crippen molar-refractivity contribution >= 4 is 5.82 Å². The van der Waals surface area contributed by atoms with Crippen LogP contribution >= 0.6 is 0 Å². The van der Waals surface area contributed by atoms with E-state index in [0.717, 1.165) is 18.9 Å². The molecule has 0 saturated carbocycles. The average Bonchev–Trinajstić information content (AvgIpc) is 2.15. The van der Waals surface area contributed by atoms with Crippen LogP contribution in [0, 0.1) is 5.41 Å². The lowest BCUT2D eigenvalue weighted by Crippen LogP contribution is -2.34. The summed E-state index contributed by atoms with van der Waals surface area (Å²) >= 11 is 0. The first-order valence-electron chi connectivity index (χ1n) is 5.14. The molecule has 4 nitrogen and oxygen atoms in total. The van der Waals surface area contributed by atoms with Gasteiger partial charge in [0.1, 0.15) is 5.82 Å². The third kappa shape index (κ3) is 4.74. The highest BCUT2D eigenvalue weighted by Gasteiger charge is 2.18. The normalized spacial score (nSPS) is 11.8. The molecule has 0 fully saturated rings. The summed E-state index contributed by atoms with van der Waals surface area (Å²) in [5.74, 6) is 0.837. The molecule has 1 N–H and O–H groups in total. The Labute approximate surface area is 91.7 Å². The Morgan fingerprint density at radius 1 is 1.33 bits per heavy atom. The third-order valence-corrected chi connectivity index (χ3v) is 2.06. The van der Waals surface area contributed by atoms with E-state index >= 15 is 0 Å². The van der Waals surface area contributed by atoms with Crippen LogP contribution in [-0.4, -0.2) is 42.1 Å². The molecule has 0 bridgehead atoms. The van der Waals surface area contributed by atoms with Gasteiger partial charge in [-0.15, -0.1) is 0 Å². The van der Waals surface area contributed by atoms with Crippen molar-refractivity contribution in [2.24, 2.45) is 5.41 Å². The molecule has 0 saturated heterocycles. The number of hydrogen-bond acceptors (Lipinski definition) is 4. The smallest absolute Gasteiger partial charge is 0.144 e. The van der Waals surface area contributed by atoms with E-state index in [9.17, 15) is 0 Å².